The Morgan fingerprint density at radius 2 is 1.04 bits per heavy atom. The number of hydrogen-bond acceptors (Lipinski definition) is 19. The molecule has 0 bridgehead atoms. The quantitative estimate of drug-likeness (QED) is 0.00655. The summed E-state index contributed by atoms with van der Waals surface area (Å²) in [6.45, 7) is 4.31. The number of guanidine groups is 3. The van der Waals surface area contributed by atoms with E-state index in [1.807, 2.05) is 0 Å². The Bertz CT molecular complexity index is 2990. The number of aliphatic imine (C=N–C) groups is 3. The van der Waals surface area contributed by atoms with Crippen LogP contribution in [0.15, 0.2) is 92.9 Å². The summed E-state index contributed by atoms with van der Waals surface area (Å²) in [4.78, 5) is 151. The fourth-order valence-electron chi connectivity index (χ4n) is 8.31. The molecule has 25 N–H and O–H groups in total. The Kier molecular flexibility index (Phi) is 32.7. The number of nitrogens with zero attached hydrogens (tertiary/aromatic N) is 5. The number of aromatic hydroxyl groups is 1. The van der Waals surface area contributed by atoms with Crippen LogP contribution in [0.1, 0.15) is 76.8 Å². The minimum absolute atomic E-state index is 0.000309. The molecule has 9 amide bonds. The van der Waals surface area contributed by atoms with E-state index in [9.17, 15) is 58.4 Å². The zero-order valence-corrected chi connectivity index (χ0v) is 51.8. The second-order valence-electron chi connectivity index (χ2n) is 20.9. The van der Waals surface area contributed by atoms with E-state index in [-0.39, 0.29) is 123 Å². The smallest absolute Gasteiger partial charge is 0.302 e. The lowest BCUT2D eigenvalue weighted by atomic mass is 10.00. The Morgan fingerprint density at radius 1 is 0.567 bits per heavy atom. The van der Waals surface area contributed by atoms with Crippen LogP contribution in [0.25, 0.3) is 0 Å². The number of carbonyl (C=O) groups is 9. The summed E-state index contributed by atoms with van der Waals surface area (Å²) >= 11 is 0. The van der Waals surface area contributed by atoms with Gasteiger partial charge in [0.25, 0.3) is 0 Å². The number of amides is 9. The number of primary amides is 1. The standard InChI is InChI=1S/C55H83N21O12S2/c1-30(2)25-39(74-50(85)40(27-32-11-5-4-6-12-32)70-43(78)28-68-45(80)31(3)69-46(81)35(56)26-33-17-19-34(77)20-18-33)49(84)73-37(14-8-23-66-54(60)61)47(82)72-38(15-9-24-67-55(62)63)48(83)75-41(29-89-90-52-42(76(87)88)16-10-21-64-52)51(86)71-36(44(57)79)13-7-22-65-53(58)59/h4-6,10-12,16-21,30-31,35-41,77H,7-9,13-15,22-29,56H2,1-3H3,(H2,57,79)(H,68,80)(H,69,81)(H,70,78)(H,71,86)(H,72,82)(H,73,84)(H,74,85)(H,75,83)(H4,58,59,65)(H4,60,61,66)(H4,62,63,67)/t31-,35+,36+,37+,38+,39+,40+,41+/m1/s1. The number of rotatable bonds is 40. The van der Waals surface area contributed by atoms with E-state index in [0.717, 1.165) is 21.6 Å². The third kappa shape index (κ3) is 29.0. The van der Waals surface area contributed by atoms with E-state index >= 15 is 0 Å². The van der Waals surface area contributed by atoms with E-state index in [0.29, 0.717) is 11.1 Å². The van der Waals surface area contributed by atoms with Gasteiger partial charge in [-0.3, -0.25) is 68.2 Å². The molecule has 492 valence electrons. The topological polar surface area (TPSA) is 571 Å². The highest BCUT2D eigenvalue weighted by atomic mass is 33.1. The summed E-state index contributed by atoms with van der Waals surface area (Å²) in [5.41, 5.74) is 45.8. The molecule has 35 heteroatoms. The molecule has 0 saturated carbocycles. The van der Waals surface area contributed by atoms with Crippen LogP contribution >= 0.6 is 21.6 Å². The van der Waals surface area contributed by atoms with Gasteiger partial charge in [-0.1, -0.05) is 67.1 Å². The van der Waals surface area contributed by atoms with Crippen molar-refractivity contribution >= 4 is 98.3 Å². The van der Waals surface area contributed by atoms with Gasteiger partial charge in [-0.2, -0.15) is 0 Å². The predicted molar refractivity (Wildman–Crippen MR) is 340 cm³/mol. The van der Waals surface area contributed by atoms with E-state index in [1.54, 1.807) is 56.3 Å². The SMILES string of the molecule is CC(C)C[C@H](NC(=O)[C@H](Cc1ccccc1)NC(=O)CNC(=O)[C@@H](C)NC(=O)[C@@H](N)Cc1ccc(O)cc1)C(=O)N[C@@H](CCCN=C(N)N)C(=O)N[C@@H](CCCN=C(N)N)C(=O)N[C@@H](CSSc1ncccc1[N+](=O)[O-])C(=O)N[C@@H](CCCN=C(N)N)C(N)=O. The monoisotopic (exact) mass is 1290 g/mol. The van der Waals surface area contributed by atoms with Gasteiger partial charge < -0.3 is 93.5 Å². The highest BCUT2D eigenvalue weighted by molar-refractivity contribution is 8.76. The summed E-state index contributed by atoms with van der Waals surface area (Å²) in [6, 6.07) is 6.56. The number of nitrogens with two attached hydrogens (primary N) is 8. The molecule has 1 heterocycles. The summed E-state index contributed by atoms with van der Waals surface area (Å²) in [6.07, 6.45) is 1.32. The fraction of sp³-hybridized carbons (Fsp3) is 0.473. The number of nitrogens with one attached hydrogen (secondary N) is 8. The number of benzene rings is 2. The lowest BCUT2D eigenvalue weighted by molar-refractivity contribution is -0.388. The number of phenolic OH excluding ortho intramolecular Hbond substituents is 1. The van der Waals surface area contributed by atoms with Crippen molar-refractivity contribution in [3.63, 3.8) is 0 Å². The lowest BCUT2D eigenvalue weighted by Gasteiger charge is -2.28. The molecule has 0 spiro atoms. The molecule has 8 atom stereocenters. The van der Waals surface area contributed by atoms with E-state index in [4.69, 9.17) is 45.9 Å². The molecule has 0 saturated heterocycles. The number of aromatic nitrogens is 1. The normalized spacial score (nSPS) is 13.5. The maximum absolute atomic E-state index is 14.6. The molecule has 2 aromatic carbocycles. The molecule has 1 aromatic heterocycles. The zero-order valence-electron chi connectivity index (χ0n) is 50.1. The largest absolute Gasteiger partial charge is 0.508 e. The van der Waals surface area contributed by atoms with E-state index < -0.39 is 113 Å². The molecular formula is C55H83N21O12S2. The molecule has 3 rings (SSSR count). The molecule has 0 radical (unpaired) electrons. The second kappa shape index (κ2) is 39.4. The highest BCUT2D eigenvalue weighted by Crippen LogP contribution is 2.35. The summed E-state index contributed by atoms with van der Waals surface area (Å²) < 4.78 is 0. The number of carbonyl (C=O) groups excluding carboxylic acids is 9. The van der Waals surface area contributed by atoms with Gasteiger partial charge in [0.1, 0.15) is 48.0 Å². The van der Waals surface area contributed by atoms with Crippen molar-refractivity contribution in [3.8, 4) is 5.75 Å². The number of pyridine rings is 1. The summed E-state index contributed by atoms with van der Waals surface area (Å²) in [7, 11) is 1.72. The molecule has 33 nitrogen and oxygen atoms in total. The lowest BCUT2D eigenvalue weighted by Crippen LogP contribution is -2.60. The molecule has 3 aromatic rings. The van der Waals surface area contributed by atoms with Crippen molar-refractivity contribution in [2.45, 2.75) is 132 Å². The molecule has 0 fully saturated rings. The van der Waals surface area contributed by atoms with Crippen LogP contribution in [0, 0.1) is 16.0 Å². The first-order chi connectivity index (χ1) is 42.6. The second-order valence-corrected chi connectivity index (χ2v) is 23.2. The van der Waals surface area contributed by atoms with Crippen molar-refractivity contribution in [1.82, 2.24) is 47.5 Å². The maximum Gasteiger partial charge on any atom is 0.302 e. The van der Waals surface area contributed by atoms with Crippen LogP contribution < -0.4 is 88.4 Å². The Labute approximate surface area is 527 Å². The van der Waals surface area contributed by atoms with Crippen LogP contribution in [-0.2, 0) is 56.0 Å². The van der Waals surface area contributed by atoms with Gasteiger partial charge in [0.2, 0.25) is 53.2 Å². The van der Waals surface area contributed by atoms with Crippen LogP contribution in [0.3, 0.4) is 0 Å². The molecule has 90 heavy (non-hydrogen) atoms. The first kappa shape index (κ1) is 74.7. The van der Waals surface area contributed by atoms with E-state index in [2.05, 4.69) is 62.5 Å². The Hall–Kier alpha value is -9.51. The first-order valence-corrected chi connectivity index (χ1v) is 30.8. The molecule has 0 aliphatic carbocycles. The average molecular weight is 1290 g/mol. The fourth-order valence-corrected chi connectivity index (χ4v) is 10.5. The molecule has 0 aliphatic heterocycles. The van der Waals surface area contributed by atoms with Crippen LogP contribution in [-0.4, -0.2) is 166 Å². The van der Waals surface area contributed by atoms with Gasteiger partial charge in [-0.05, 0) is 104 Å². The summed E-state index contributed by atoms with van der Waals surface area (Å²) in [5, 5.41) is 42.0. The van der Waals surface area contributed by atoms with E-state index in [1.165, 1.54) is 37.4 Å². The molecular weight excluding hydrogens is 1210 g/mol. The maximum atomic E-state index is 14.6. The van der Waals surface area contributed by atoms with Crippen molar-refractivity contribution in [1.29, 1.82) is 0 Å². The van der Waals surface area contributed by atoms with Gasteiger partial charge >= 0.3 is 5.69 Å². The summed E-state index contributed by atoms with van der Waals surface area (Å²) in [5.74, 6) is -8.89. The van der Waals surface area contributed by atoms with Crippen LogP contribution in [0.4, 0.5) is 5.69 Å². The van der Waals surface area contributed by atoms with Crippen LogP contribution in [0.5, 0.6) is 5.75 Å². The third-order valence-corrected chi connectivity index (χ3v) is 15.2. The molecule has 0 unspecified atom stereocenters. The molecule has 0 aliphatic rings. The van der Waals surface area contributed by atoms with Gasteiger partial charge in [0.05, 0.1) is 17.5 Å². The Morgan fingerprint density at radius 3 is 1.57 bits per heavy atom. The first-order valence-electron chi connectivity index (χ1n) is 28.4. The Balaban J connectivity index is 1.92. The predicted octanol–water partition coefficient (Wildman–Crippen LogP) is -3.53. The van der Waals surface area contributed by atoms with Crippen molar-refractivity contribution in [3.05, 3.63) is 94.2 Å². The third-order valence-electron chi connectivity index (χ3n) is 12.9. The van der Waals surface area contributed by atoms with Gasteiger partial charge in [0.15, 0.2) is 22.9 Å². The minimum atomic E-state index is -1.52. The van der Waals surface area contributed by atoms with Crippen molar-refractivity contribution < 1.29 is 53.2 Å². The highest BCUT2D eigenvalue weighted by Gasteiger charge is 2.34. The van der Waals surface area contributed by atoms with Gasteiger partial charge in [-0.25, -0.2) is 4.98 Å². The van der Waals surface area contributed by atoms with Crippen molar-refractivity contribution in [2.75, 3.05) is 31.9 Å². The number of nitro groups is 1. The van der Waals surface area contributed by atoms with Gasteiger partial charge in [-0.15, -0.1) is 0 Å². The minimum Gasteiger partial charge on any atom is -0.508 e. The van der Waals surface area contributed by atoms with Crippen LogP contribution in [0.2, 0.25) is 0 Å². The number of phenols is 1. The van der Waals surface area contributed by atoms with Crippen molar-refractivity contribution in [2.24, 2.45) is 66.8 Å². The average Bonchev–Trinajstić information content (AvgIpc) is 2.72. The van der Waals surface area contributed by atoms with Gasteiger partial charge in [0, 0.05) is 44.1 Å². The number of hydrogen-bond donors (Lipinski definition) is 17. The zero-order chi connectivity index (χ0) is 66.9.